The minimum absolute atomic E-state index is 0.0541. The van der Waals surface area contributed by atoms with Crippen molar-refractivity contribution in [1.29, 1.82) is 0 Å². The topological polar surface area (TPSA) is 75.7 Å². The van der Waals surface area contributed by atoms with Crippen molar-refractivity contribution in [3.8, 4) is 5.75 Å². The molecule has 0 radical (unpaired) electrons. The van der Waals surface area contributed by atoms with Crippen LogP contribution in [0.3, 0.4) is 0 Å². The Morgan fingerprint density at radius 3 is 2.55 bits per heavy atom. The summed E-state index contributed by atoms with van der Waals surface area (Å²) >= 11 is 6.12. The lowest BCUT2D eigenvalue weighted by atomic mass is 10.2. The smallest absolute Gasteiger partial charge is 0.264 e. The zero-order valence-corrected chi connectivity index (χ0v) is 19.0. The number of carbonyl (C=O) groups excluding carboxylic acids is 1. The minimum Gasteiger partial charge on any atom is -0.495 e. The van der Waals surface area contributed by atoms with Crippen LogP contribution in [0.25, 0.3) is 0 Å². The summed E-state index contributed by atoms with van der Waals surface area (Å²) in [5, 5.41) is 2.21. The van der Waals surface area contributed by atoms with Crippen LogP contribution in [0, 0.1) is 11.6 Å². The van der Waals surface area contributed by atoms with Crippen molar-refractivity contribution < 1.29 is 26.7 Å². The van der Waals surface area contributed by atoms with Gasteiger partial charge < -0.3 is 10.1 Å². The van der Waals surface area contributed by atoms with Crippen LogP contribution in [0.15, 0.2) is 78.2 Å². The quantitative estimate of drug-likeness (QED) is 0.435. The molecular weight excluding hydrogens is 474 g/mol. The van der Waals surface area contributed by atoms with Gasteiger partial charge in [-0.1, -0.05) is 29.8 Å². The fourth-order valence-electron chi connectivity index (χ4n) is 3.03. The molecule has 6 nitrogen and oxygen atoms in total. The Hall–Kier alpha value is -3.43. The molecule has 3 aromatic rings. The third-order valence-corrected chi connectivity index (χ3v) is 6.70. The van der Waals surface area contributed by atoms with Crippen LogP contribution >= 0.6 is 11.6 Å². The molecule has 0 spiro atoms. The number of nitrogens with one attached hydrogen (secondary N) is 1. The van der Waals surface area contributed by atoms with Gasteiger partial charge in [-0.15, -0.1) is 6.58 Å². The van der Waals surface area contributed by atoms with E-state index in [1.165, 1.54) is 25.3 Å². The Kier molecular flexibility index (Phi) is 7.35. The third kappa shape index (κ3) is 5.15. The maximum Gasteiger partial charge on any atom is 0.264 e. The van der Waals surface area contributed by atoms with E-state index < -0.39 is 27.6 Å². The highest BCUT2D eigenvalue weighted by Crippen LogP contribution is 2.33. The van der Waals surface area contributed by atoms with Crippen molar-refractivity contribution in [2.24, 2.45) is 0 Å². The van der Waals surface area contributed by atoms with Crippen LogP contribution in [-0.2, 0) is 10.0 Å². The molecule has 10 heteroatoms. The molecule has 0 heterocycles. The van der Waals surface area contributed by atoms with Crippen LogP contribution in [0.4, 0.5) is 20.2 Å². The van der Waals surface area contributed by atoms with E-state index in [0.29, 0.717) is 11.8 Å². The summed E-state index contributed by atoms with van der Waals surface area (Å²) in [5.41, 5.74) is -0.220. The number of ether oxygens (including phenoxy) is 1. The molecule has 3 rings (SSSR count). The number of nitrogens with zero attached hydrogens (tertiary/aromatic N) is 1. The molecule has 0 aromatic heterocycles. The van der Waals surface area contributed by atoms with Crippen LogP contribution < -0.4 is 14.4 Å². The lowest BCUT2D eigenvalue weighted by molar-refractivity contribution is 0.102. The largest absolute Gasteiger partial charge is 0.495 e. The molecule has 0 saturated heterocycles. The molecule has 3 aromatic carbocycles. The van der Waals surface area contributed by atoms with Crippen molar-refractivity contribution in [2.75, 3.05) is 23.3 Å². The maximum atomic E-state index is 13.9. The van der Waals surface area contributed by atoms with Gasteiger partial charge in [0.05, 0.1) is 40.5 Å². The average Bonchev–Trinajstić information content (AvgIpc) is 2.79. The van der Waals surface area contributed by atoms with E-state index in [0.717, 1.165) is 22.5 Å². The molecule has 1 N–H and O–H groups in total. The second kappa shape index (κ2) is 10.0. The van der Waals surface area contributed by atoms with E-state index in [9.17, 15) is 22.0 Å². The van der Waals surface area contributed by atoms with E-state index in [2.05, 4.69) is 11.9 Å². The fraction of sp³-hybridized carbons (Fsp3) is 0.0870. The number of hydrogen-bond acceptors (Lipinski definition) is 4. The van der Waals surface area contributed by atoms with Crippen molar-refractivity contribution >= 4 is 38.9 Å². The monoisotopic (exact) mass is 492 g/mol. The van der Waals surface area contributed by atoms with Gasteiger partial charge in [0.15, 0.2) is 0 Å². The summed E-state index contributed by atoms with van der Waals surface area (Å²) in [6.07, 6.45) is 1.41. The molecule has 0 unspecified atom stereocenters. The number of amides is 1. The Balaban J connectivity index is 2.02. The van der Waals surface area contributed by atoms with Gasteiger partial charge in [-0.2, -0.15) is 0 Å². The fourth-order valence-corrected chi connectivity index (χ4v) is 4.70. The first-order valence-corrected chi connectivity index (χ1v) is 11.3. The molecule has 172 valence electrons. The molecule has 0 bridgehead atoms. The van der Waals surface area contributed by atoms with Gasteiger partial charge in [0, 0.05) is 6.07 Å². The van der Waals surface area contributed by atoms with Gasteiger partial charge in [0.2, 0.25) is 0 Å². The van der Waals surface area contributed by atoms with Gasteiger partial charge in [-0.25, -0.2) is 17.2 Å². The normalized spacial score (nSPS) is 11.0. The molecular formula is C23H19ClF2N2O4S. The highest BCUT2D eigenvalue weighted by Gasteiger charge is 2.28. The first-order valence-electron chi connectivity index (χ1n) is 9.51. The van der Waals surface area contributed by atoms with Gasteiger partial charge >= 0.3 is 0 Å². The van der Waals surface area contributed by atoms with Crippen molar-refractivity contribution in [1.82, 2.24) is 0 Å². The summed E-state index contributed by atoms with van der Waals surface area (Å²) in [4.78, 5) is 12.5. The average molecular weight is 493 g/mol. The highest BCUT2D eigenvalue weighted by atomic mass is 35.5. The van der Waals surface area contributed by atoms with E-state index in [1.807, 2.05) is 0 Å². The number of benzene rings is 3. The second-order valence-electron chi connectivity index (χ2n) is 6.72. The Morgan fingerprint density at radius 1 is 1.15 bits per heavy atom. The zero-order valence-electron chi connectivity index (χ0n) is 17.4. The third-order valence-electron chi connectivity index (χ3n) is 4.60. The predicted octanol–water partition coefficient (Wildman–Crippen LogP) is 5.26. The Labute approximate surface area is 195 Å². The summed E-state index contributed by atoms with van der Waals surface area (Å²) in [5.74, 6) is -2.34. The highest BCUT2D eigenvalue weighted by molar-refractivity contribution is 7.92. The summed E-state index contributed by atoms with van der Waals surface area (Å²) < 4.78 is 60.4. The molecule has 1 amide bonds. The zero-order chi connectivity index (χ0) is 24.2. The molecule has 0 aliphatic heterocycles. The standard InChI is InChI=1S/C23H19ClF2N2O4S/c1-3-12-28(21-6-4-5-7-22(21)32-2)33(30,31)16-9-10-18(24)17(14-16)23(29)27-20-11-8-15(25)13-19(20)26/h3-11,13-14H,1,12H2,2H3,(H,27,29). The second-order valence-corrected chi connectivity index (χ2v) is 8.99. The number of sulfonamides is 1. The molecule has 33 heavy (non-hydrogen) atoms. The number of rotatable bonds is 8. The summed E-state index contributed by atoms with van der Waals surface area (Å²) in [6.45, 7) is 3.54. The van der Waals surface area contributed by atoms with Gasteiger partial charge in [0.25, 0.3) is 15.9 Å². The molecule has 0 aliphatic rings. The first-order chi connectivity index (χ1) is 15.7. The SMILES string of the molecule is C=CCN(c1ccccc1OC)S(=O)(=O)c1ccc(Cl)c(C(=O)Nc2ccc(F)cc2F)c1. The lowest BCUT2D eigenvalue weighted by Gasteiger charge is -2.25. The number of carbonyl (C=O) groups is 1. The summed E-state index contributed by atoms with van der Waals surface area (Å²) in [7, 11) is -2.77. The Morgan fingerprint density at radius 2 is 1.88 bits per heavy atom. The van der Waals surface area contributed by atoms with Crippen molar-refractivity contribution in [3.05, 3.63) is 95.5 Å². The number of para-hydroxylation sites is 2. The number of methoxy groups -OCH3 is 1. The van der Waals surface area contributed by atoms with Crippen molar-refractivity contribution in [2.45, 2.75) is 4.90 Å². The first kappa shape index (κ1) is 24.2. The van der Waals surface area contributed by atoms with E-state index in [-0.39, 0.29) is 33.4 Å². The minimum atomic E-state index is -4.19. The lowest BCUT2D eigenvalue weighted by Crippen LogP contribution is -2.31. The van der Waals surface area contributed by atoms with Crippen molar-refractivity contribution in [3.63, 3.8) is 0 Å². The number of halogens is 3. The molecule has 0 saturated carbocycles. The van der Waals surface area contributed by atoms with Gasteiger partial charge in [-0.05, 0) is 42.5 Å². The van der Waals surface area contributed by atoms with E-state index >= 15 is 0 Å². The Bertz CT molecular complexity index is 1320. The van der Waals surface area contributed by atoms with Crippen LogP contribution in [0.1, 0.15) is 10.4 Å². The molecule has 0 fully saturated rings. The van der Waals surface area contributed by atoms with Crippen LogP contribution in [-0.4, -0.2) is 28.0 Å². The predicted molar refractivity (Wildman–Crippen MR) is 123 cm³/mol. The molecule has 0 aliphatic carbocycles. The van der Waals surface area contributed by atoms with E-state index in [4.69, 9.17) is 16.3 Å². The van der Waals surface area contributed by atoms with E-state index in [1.54, 1.807) is 24.3 Å². The van der Waals surface area contributed by atoms with Crippen LogP contribution in [0.2, 0.25) is 5.02 Å². The summed E-state index contributed by atoms with van der Waals surface area (Å²) in [6, 6.07) is 12.7. The van der Waals surface area contributed by atoms with Gasteiger partial charge in [0.1, 0.15) is 17.4 Å². The van der Waals surface area contributed by atoms with Gasteiger partial charge in [-0.3, -0.25) is 9.10 Å². The number of anilines is 2. The van der Waals surface area contributed by atoms with Crippen LogP contribution in [0.5, 0.6) is 5.75 Å². The number of hydrogen-bond donors (Lipinski definition) is 1. The molecule has 0 atom stereocenters. The maximum absolute atomic E-state index is 13.9.